The van der Waals surface area contributed by atoms with Gasteiger partial charge in [-0.15, -0.1) is 0 Å². The van der Waals surface area contributed by atoms with Gasteiger partial charge in [0, 0.05) is 12.1 Å². The van der Waals surface area contributed by atoms with E-state index in [9.17, 15) is 9.59 Å². The number of rotatable bonds is 6. The van der Waals surface area contributed by atoms with Crippen LogP contribution < -0.4 is 15.6 Å². The van der Waals surface area contributed by atoms with Crippen molar-refractivity contribution >= 4 is 11.8 Å². The molecule has 27 heavy (non-hydrogen) atoms. The van der Waals surface area contributed by atoms with Crippen molar-refractivity contribution in [1.29, 1.82) is 0 Å². The molecule has 2 amide bonds. The molecule has 0 atom stereocenters. The van der Waals surface area contributed by atoms with E-state index in [0.717, 1.165) is 16.8 Å². The lowest BCUT2D eigenvalue weighted by atomic mass is 10.0. The minimum atomic E-state index is -0.503. The van der Waals surface area contributed by atoms with Crippen LogP contribution in [0.2, 0.25) is 0 Å². The third kappa shape index (κ3) is 5.18. The molecule has 1 aromatic heterocycles. The fourth-order valence-electron chi connectivity index (χ4n) is 2.51. The summed E-state index contributed by atoms with van der Waals surface area (Å²) in [5, 5.41) is 6.48. The topological polar surface area (TPSA) is 96.1 Å². The summed E-state index contributed by atoms with van der Waals surface area (Å²) in [6.45, 7) is 1.56. The Bertz CT molecular complexity index is 922. The first-order valence-corrected chi connectivity index (χ1v) is 8.47. The van der Waals surface area contributed by atoms with Gasteiger partial charge in [-0.05, 0) is 30.2 Å². The molecule has 7 nitrogen and oxygen atoms in total. The molecule has 2 aromatic carbocycles. The maximum absolute atomic E-state index is 11.9. The van der Waals surface area contributed by atoms with Gasteiger partial charge in [0.15, 0.2) is 12.3 Å². The van der Waals surface area contributed by atoms with E-state index in [1.165, 1.54) is 0 Å². The number of nitrogens with one attached hydrogen (secondary N) is 3. The lowest BCUT2D eigenvalue weighted by Gasteiger charge is -2.12. The minimum Gasteiger partial charge on any atom is -0.483 e. The van der Waals surface area contributed by atoms with Crippen LogP contribution >= 0.6 is 0 Å². The highest BCUT2D eigenvalue weighted by Crippen LogP contribution is 2.21. The first kappa shape index (κ1) is 18.2. The normalized spacial score (nSPS) is 10.3. The fraction of sp³-hybridized carbons (Fsp3) is 0.150. The van der Waals surface area contributed by atoms with Gasteiger partial charge in [0.25, 0.3) is 11.8 Å². The molecule has 0 fully saturated rings. The molecule has 0 aliphatic carbocycles. The number of ether oxygens (including phenoxy) is 1. The van der Waals surface area contributed by atoms with Gasteiger partial charge in [0.05, 0.1) is 0 Å². The number of hydrogen-bond donors (Lipinski definition) is 3. The van der Waals surface area contributed by atoms with Crippen LogP contribution in [-0.2, 0) is 11.2 Å². The van der Waals surface area contributed by atoms with E-state index < -0.39 is 11.8 Å². The molecule has 0 bridgehead atoms. The number of amides is 2. The second-order valence-corrected chi connectivity index (χ2v) is 6.00. The van der Waals surface area contributed by atoms with Gasteiger partial charge in [-0.25, -0.2) is 0 Å². The molecule has 1 heterocycles. The van der Waals surface area contributed by atoms with Crippen molar-refractivity contribution in [3.05, 3.63) is 83.2 Å². The summed E-state index contributed by atoms with van der Waals surface area (Å²) in [5.74, 6) is -0.340. The Labute approximate surface area is 156 Å². The lowest BCUT2D eigenvalue weighted by Crippen LogP contribution is -2.44. The Kier molecular flexibility index (Phi) is 5.84. The molecule has 0 saturated heterocycles. The smallest absolute Gasteiger partial charge is 0.290 e. The average molecular weight is 364 g/mol. The summed E-state index contributed by atoms with van der Waals surface area (Å²) in [4.78, 5) is 23.8. The molecule has 0 unspecified atom stereocenters. The van der Waals surface area contributed by atoms with Crippen LogP contribution in [0.3, 0.4) is 0 Å². The van der Waals surface area contributed by atoms with Gasteiger partial charge in [0.1, 0.15) is 5.75 Å². The van der Waals surface area contributed by atoms with Crippen LogP contribution in [0.4, 0.5) is 0 Å². The fourth-order valence-corrected chi connectivity index (χ4v) is 2.51. The molecular weight excluding hydrogens is 344 g/mol. The molecule has 0 radical (unpaired) electrons. The Morgan fingerprint density at radius 1 is 1.04 bits per heavy atom. The quantitative estimate of drug-likeness (QED) is 0.584. The van der Waals surface area contributed by atoms with Gasteiger partial charge < -0.3 is 4.74 Å². The standard InChI is InChI=1S/C20H20N4O3/c1-14-11-17(22-21-14)20(26)24-23-19(25)13-27-18-10-6-5-9-16(18)12-15-7-3-2-4-8-15/h2-11H,12-13H2,1H3,(H,21,22)(H,23,25)(H,24,26). The van der Waals surface area contributed by atoms with Crippen molar-refractivity contribution in [2.45, 2.75) is 13.3 Å². The second kappa shape index (κ2) is 8.66. The van der Waals surface area contributed by atoms with Crippen molar-refractivity contribution in [2.75, 3.05) is 6.61 Å². The van der Waals surface area contributed by atoms with Crippen molar-refractivity contribution < 1.29 is 14.3 Å². The first-order chi connectivity index (χ1) is 13.1. The summed E-state index contributed by atoms with van der Waals surface area (Å²) in [6.07, 6.45) is 0.702. The number of carbonyl (C=O) groups excluding carboxylic acids is 2. The number of para-hydroxylation sites is 1. The number of hydrazine groups is 1. The van der Waals surface area contributed by atoms with E-state index in [0.29, 0.717) is 12.2 Å². The highest BCUT2D eigenvalue weighted by Gasteiger charge is 2.11. The first-order valence-electron chi connectivity index (χ1n) is 8.47. The Hall–Kier alpha value is -3.61. The van der Waals surface area contributed by atoms with Crippen molar-refractivity contribution in [3.8, 4) is 5.75 Å². The number of aromatic amines is 1. The Morgan fingerprint density at radius 3 is 2.52 bits per heavy atom. The van der Waals surface area contributed by atoms with Crippen molar-refractivity contribution in [2.24, 2.45) is 0 Å². The van der Waals surface area contributed by atoms with E-state index in [1.54, 1.807) is 13.0 Å². The second-order valence-electron chi connectivity index (χ2n) is 6.00. The van der Waals surface area contributed by atoms with Crippen LogP contribution in [0.15, 0.2) is 60.7 Å². The number of nitrogens with zero attached hydrogens (tertiary/aromatic N) is 1. The van der Waals surface area contributed by atoms with E-state index in [-0.39, 0.29) is 12.3 Å². The van der Waals surface area contributed by atoms with Gasteiger partial charge >= 0.3 is 0 Å². The largest absolute Gasteiger partial charge is 0.483 e. The zero-order valence-electron chi connectivity index (χ0n) is 14.9. The number of aryl methyl sites for hydroxylation is 1. The highest BCUT2D eigenvalue weighted by molar-refractivity contribution is 5.93. The van der Waals surface area contributed by atoms with Gasteiger partial charge in [-0.1, -0.05) is 48.5 Å². The molecule has 0 aliphatic rings. The predicted octanol–water partition coefficient (Wildman–Crippen LogP) is 2.15. The summed E-state index contributed by atoms with van der Waals surface area (Å²) in [6, 6.07) is 19.1. The maximum atomic E-state index is 11.9. The van der Waals surface area contributed by atoms with E-state index in [4.69, 9.17) is 4.74 Å². The van der Waals surface area contributed by atoms with Gasteiger partial charge in [0.2, 0.25) is 0 Å². The van der Waals surface area contributed by atoms with Crippen LogP contribution in [0.1, 0.15) is 27.3 Å². The molecule has 0 spiro atoms. The summed E-state index contributed by atoms with van der Waals surface area (Å²) < 4.78 is 5.63. The van der Waals surface area contributed by atoms with Crippen LogP contribution in [0.25, 0.3) is 0 Å². The Morgan fingerprint density at radius 2 is 1.78 bits per heavy atom. The maximum Gasteiger partial charge on any atom is 0.290 e. The Balaban J connectivity index is 1.52. The zero-order chi connectivity index (χ0) is 19.1. The number of aromatic nitrogens is 2. The van der Waals surface area contributed by atoms with E-state index in [2.05, 4.69) is 21.0 Å². The molecular formula is C20H20N4O3. The van der Waals surface area contributed by atoms with E-state index in [1.807, 2.05) is 54.6 Å². The number of hydrogen-bond acceptors (Lipinski definition) is 4. The van der Waals surface area contributed by atoms with Crippen LogP contribution in [0, 0.1) is 6.92 Å². The molecule has 0 saturated carbocycles. The lowest BCUT2D eigenvalue weighted by molar-refractivity contribution is -0.123. The molecule has 0 aliphatic heterocycles. The molecule has 7 heteroatoms. The number of carbonyl (C=O) groups is 2. The summed E-state index contributed by atoms with van der Waals surface area (Å²) in [5.41, 5.74) is 7.70. The van der Waals surface area contributed by atoms with Crippen molar-refractivity contribution in [3.63, 3.8) is 0 Å². The molecule has 138 valence electrons. The van der Waals surface area contributed by atoms with Crippen LogP contribution in [-0.4, -0.2) is 28.6 Å². The van der Waals surface area contributed by atoms with Gasteiger partial charge in [-0.2, -0.15) is 5.10 Å². The van der Waals surface area contributed by atoms with Gasteiger partial charge in [-0.3, -0.25) is 25.5 Å². The summed E-state index contributed by atoms with van der Waals surface area (Å²) >= 11 is 0. The van der Waals surface area contributed by atoms with Crippen LogP contribution in [0.5, 0.6) is 5.75 Å². The minimum absolute atomic E-state index is 0.196. The monoisotopic (exact) mass is 364 g/mol. The molecule has 3 N–H and O–H groups in total. The third-order valence-corrected chi connectivity index (χ3v) is 3.82. The average Bonchev–Trinajstić information content (AvgIpc) is 3.13. The number of benzene rings is 2. The highest BCUT2D eigenvalue weighted by atomic mass is 16.5. The third-order valence-electron chi connectivity index (χ3n) is 3.82. The molecule has 3 rings (SSSR count). The van der Waals surface area contributed by atoms with E-state index >= 15 is 0 Å². The van der Waals surface area contributed by atoms with Crippen molar-refractivity contribution in [1.82, 2.24) is 21.0 Å². The number of H-pyrrole nitrogens is 1. The predicted molar refractivity (Wildman–Crippen MR) is 100 cm³/mol. The SMILES string of the molecule is Cc1cc(C(=O)NNC(=O)COc2ccccc2Cc2ccccc2)n[nH]1. The molecule has 3 aromatic rings. The zero-order valence-corrected chi connectivity index (χ0v) is 14.9. The summed E-state index contributed by atoms with van der Waals surface area (Å²) in [7, 11) is 0.